The topological polar surface area (TPSA) is 49.6 Å². The largest absolute Gasteiger partial charge is 0.399 e. The van der Waals surface area contributed by atoms with Gasteiger partial charge >= 0.3 is 0 Å². The highest BCUT2D eigenvalue weighted by Gasteiger charge is 2.21. The molecule has 5 heteroatoms. The van der Waals surface area contributed by atoms with Crippen LogP contribution in [0.4, 0.5) is 5.69 Å². The van der Waals surface area contributed by atoms with Crippen molar-refractivity contribution < 1.29 is 4.79 Å². The maximum Gasteiger partial charge on any atom is 0.254 e. The number of nitrogens with two attached hydrogens (primary N) is 1. The van der Waals surface area contributed by atoms with Gasteiger partial charge in [0.2, 0.25) is 0 Å². The highest BCUT2D eigenvalue weighted by Crippen LogP contribution is 2.18. The van der Waals surface area contributed by atoms with Crippen LogP contribution < -0.4 is 5.73 Å². The molecule has 1 aliphatic heterocycles. The van der Waals surface area contributed by atoms with Gasteiger partial charge in [-0.25, -0.2) is 0 Å². The van der Waals surface area contributed by atoms with Gasteiger partial charge in [-0.1, -0.05) is 17.5 Å². The molecule has 0 unspecified atom stereocenters. The molecule has 0 saturated carbocycles. The van der Waals surface area contributed by atoms with Gasteiger partial charge in [0.05, 0.1) is 6.54 Å². The molecule has 0 spiro atoms. The first-order chi connectivity index (χ1) is 9.10. The third-order valence-corrected chi connectivity index (χ3v) is 3.36. The Morgan fingerprint density at radius 2 is 2.00 bits per heavy atom. The minimum absolute atomic E-state index is 0.0328. The van der Waals surface area contributed by atoms with Crippen molar-refractivity contribution in [3.05, 3.63) is 28.8 Å². The molecule has 2 N–H and O–H groups in total. The van der Waals surface area contributed by atoms with Gasteiger partial charge in [0.25, 0.3) is 5.91 Å². The average Bonchev–Trinajstić information content (AvgIpc) is 2.38. The van der Waals surface area contributed by atoms with Gasteiger partial charge in [-0.15, -0.1) is 6.42 Å². The molecule has 100 valence electrons. The monoisotopic (exact) mass is 277 g/mol. The van der Waals surface area contributed by atoms with Crippen LogP contribution in [0.5, 0.6) is 0 Å². The van der Waals surface area contributed by atoms with E-state index >= 15 is 0 Å². The number of hydrogen-bond donors (Lipinski definition) is 1. The molecule has 0 atom stereocenters. The third kappa shape index (κ3) is 3.40. The van der Waals surface area contributed by atoms with E-state index in [9.17, 15) is 4.79 Å². The van der Waals surface area contributed by atoms with E-state index in [0.717, 1.165) is 13.1 Å². The summed E-state index contributed by atoms with van der Waals surface area (Å²) in [4.78, 5) is 16.3. The number of halogens is 1. The number of amides is 1. The zero-order valence-corrected chi connectivity index (χ0v) is 11.4. The lowest BCUT2D eigenvalue weighted by Crippen LogP contribution is -2.48. The van der Waals surface area contributed by atoms with Gasteiger partial charge in [-0.3, -0.25) is 9.69 Å². The van der Waals surface area contributed by atoms with Crippen LogP contribution in [-0.4, -0.2) is 48.4 Å². The Hall–Kier alpha value is -1.70. The summed E-state index contributed by atoms with van der Waals surface area (Å²) in [7, 11) is 0. The number of carbonyl (C=O) groups is 1. The van der Waals surface area contributed by atoms with Gasteiger partial charge in [0.15, 0.2) is 0 Å². The zero-order valence-electron chi connectivity index (χ0n) is 10.6. The second kappa shape index (κ2) is 5.96. The molecule has 1 aromatic rings. The van der Waals surface area contributed by atoms with Crippen LogP contribution >= 0.6 is 11.6 Å². The fourth-order valence-corrected chi connectivity index (χ4v) is 2.40. The van der Waals surface area contributed by atoms with E-state index in [2.05, 4.69) is 10.8 Å². The molecule has 0 aliphatic carbocycles. The van der Waals surface area contributed by atoms with Crippen molar-refractivity contribution in [1.29, 1.82) is 0 Å². The number of nitrogens with zero attached hydrogens (tertiary/aromatic N) is 2. The van der Waals surface area contributed by atoms with E-state index in [1.165, 1.54) is 0 Å². The molecule has 2 rings (SSSR count). The first kappa shape index (κ1) is 13.7. The van der Waals surface area contributed by atoms with E-state index in [1.54, 1.807) is 23.1 Å². The van der Waals surface area contributed by atoms with E-state index in [4.69, 9.17) is 23.8 Å². The van der Waals surface area contributed by atoms with Gasteiger partial charge in [-0.2, -0.15) is 0 Å². The highest BCUT2D eigenvalue weighted by molar-refractivity contribution is 6.31. The normalized spacial score (nSPS) is 16.1. The Morgan fingerprint density at radius 3 is 2.58 bits per heavy atom. The molecule has 1 aromatic carbocycles. The minimum Gasteiger partial charge on any atom is -0.399 e. The Labute approximate surface area is 118 Å². The van der Waals surface area contributed by atoms with Crippen LogP contribution in [-0.2, 0) is 0 Å². The van der Waals surface area contributed by atoms with Crippen LogP contribution in [0.2, 0.25) is 5.02 Å². The van der Waals surface area contributed by atoms with Crippen LogP contribution in [0.3, 0.4) is 0 Å². The van der Waals surface area contributed by atoms with Crippen molar-refractivity contribution in [2.45, 2.75) is 0 Å². The van der Waals surface area contributed by atoms with Gasteiger partial charge < -0.3 is 10.6 Å². The molecule has 0 bridgehead atoms. The molecule has 19 heavy (non-hydrogen) atoms. The van der Waals surface area contributed by atoms with Crippen molar-refractivity contribution in [1.82, 2.24) is 9.80 Å². The van der Waals surface area contributed by atoms with Crippen molar-refractivity contribution in [2.75, 3.05) is 38.5 Å². The van der Waals surface area contributed by atoms with E-state index in [0.29, 0.717) is 35.9 Å². The summed E-state index contributed by atoms with van der Waals surface area (Å²) in [6.07, 6.45) is 5.28. The van der Waals surface area contributed by atoms with Crippen LogP contribution in [0, 0.1) is 12.3 Å². The van der Waals surface area contributed by atoms with Crippen LogP contribution in [0.1, 0.15) is 10.4 Å². The standard InChI is InChI=1S/C14H16ClN3O/c1-2-3-17-4-6-18(7-5-17)14(19)11-8-12(15)10-13(16)9-11/h1,8-10H,3-7,16H2. The van der Waals surface area contributed by atoms with Crippen molar-refractivity contribution >= 4 is 23.2 Å². The second-order valence-electron chi connectivity index (χ2n) is 4.55. The Morgan fingerprint density at radius 1 is 1.32 bits per heavy atom. The zero-order chi connectivity index (χ0) is 13.8. The van der Waals surface area contributed by atoms with Gasteiger partial charge in [0, 0.05) is 42.5 Å². The summed E-state index contributed by atoms with van der Waals surface area (Å²) in [6, 6.07) is 4.93. The summed E-state index contributed by atoms with van der Waals surface area (Å²) in [5, 5.41) is 0.481. The Bertz CT molecular complexity index is 496. The molecule has 1 heterocycles. The molecule has 1 amide bonds. The summed E-state index contributed by atoms with van der Waals surface area (Å²) in [5.74, 6) is 2.58. The fourth-order valence-electron chi connectivity index (χ4n) is 2.16. The SMILES string of the molecule is C#CCN1CCN(C(=O)c2cc(N)cc(Cl)c2)CC1. The maximum absolute atomic E-state index is 12.3. The predicted molar refractivity (Wildman–Crippen MR) is 77.0 cm³/mol. The molecular weight excluding hydrogens is 262 g/mol. The van der Waals surface area contributed by atoms with Crippen LogP contribution in [0.15, 0.2) is 18.2 Å². The van der Waals surface area contributed by atoms with E-state index in [-0.39, 0.29) is 5.91 Å². The van der Waals surface area contributed by atoms with E-state index < -0.39 is 0 Å². The van der Waals surface area contributed by atoms with Gasteiger partial charge in [0.1, 0.15) is 0 Å². The number of piperazine rings is 1. The lowest BCUT2D eigenvalue weighted by molar-refractivity contribution is 0.0652. The average molecular weight is 278 g/mol. The smallest absolute Gasteiger partial charge is 0.254 e. The lowest BCUT2D eigenvalue weighted by Gasteiger charge is -2.33. The molecule has 1 saturated heterocycles. The summed E-state index contributed by atoms with van der Waals surface area (Å²) < 4.78 is 0. The molecular formula is C14H16ClN3O. The minimum atomic E-state index is -0.0328. The summed E-state index contributed by atoms with van der Waals surface area (Å²) >= 11 is 5.92. The lowest BCUT2D eigenvalue weighted by atomic mass is 10.1. The van der Waals surface area contributed by atoms with Crippen molar-refractivity contribution in [3.63, 3.8) is 0 Å². The molecule has 1 aliphatic rings. The number of anilines is 1. The van der Waals surface area contributed by atoms with Gasteiger partial charge in [-0.05, 0) is 18.2 Å². The maximum atomic E-state index is 12.3. The first-order valence-corrected chi connectivity index (χ1v) is 6.49. The fraction of sp³-hybridized carbons (Fsp3) is 0.357. The highest BCUT2D eigenvalue weighted by atomic mass is 35.5. The Kier molecular flexibility index (Phi) is 4.31. The number of rotatable bonds is 2. The number of benzene rings is 1. The summed E-state index contributed by atoms with van der Waals surface area (Å²) in [5.41, 5.74) is 6.74. The number of hydrogen-bond acceptors (Lipinski definition) is 3. The summed E-state index contributed by atoms with van der Waals surface area (Å²) in [6.45, 7) is 3.57. The van der Waals surface area contributed by atoms with Crippen LogP contribution in [0.25, 0.3) is 0 Å². The third-order valence-electron chi connectivity index (χ3n) is 3.14. The second-order valence-corrected chi connectivity index (χ2v) is 4.98. The van der Waals surface area contributed by atoms with Crippen molar-refractivity contribution in [2.24, 2.45) is 0 Å². The van der Waals surface area contributed by atoms with Crippen molar-refractivity contribution in [3.8, 4) is 12.3 Å². The quantitative estimate of drug-likeness (QED) is 0.655. The first-order valence-electron chi connectivity index (χ1n) is 6.11. The number of nitrogen functional groups attached to an aromatic ring is 1. The van der Waals surface area contributed by atoms with E-state index in [1.807, 2.05) is 0 Å². The number of carbonyl (C=O) groups excluding carboxylic acids is 1. The molecule has 4 nitrogen and oxygen atoms in total. The molecule has 0 aromatic heterocycles. The number of terminal acetylenes is 1. The molecule has 0 radical (unpaired) electrons. The Balaban J connectivity index is 2.03. The molecule has 1 fully saturated rings. The predicted octanol–water partition coefficient (Wildman–Crippen LogP) is 1.31.